The van der Waals surface area contributed by atoms with Crippen LogP contribution in [0.4, 0.5) is 0 Å². The lowest BCUT2D eigenvalue weighted by Gasteiger charge is -2.30. The molecule has 0 spiro atoms. The summed E-state index contributed by atoms with van der Waals surface area (Å²) in [6, 6.07) is 1.99. The lowest BCUT2D eigenvalue weighted by molar-refractivity contribution is 0.0713. The van der Waals surface area contributed by atoms with Gasteiger partial charge in [0, 0.05) is 23.6 Å². The zero-order chi connectivity index (χ0) is 11.7. The maximum atomic E-state index is 12.1. The van der Waals surface area contributed by atoms with Gasteiger partial charge in [-0.25, -0.2) is 0 Å². The molecule has 88 valence electrons. The monoisotopic (exact) mass is 366 g/mol. The number of thiophene rings is 1. The van der Waals surface area contributed by atoms with Gasteiger partial charge in [-0.3, -0.25) is 4.79 Å². The van der Waals surface area contributed by atoms with Crippen LogP contribution in [0.3, 0.4) is 0 Å². The molecule has 1 aliphatic heterocycles. The van der Waals surface area contributed by atoms with Crippen molar-refractivity contribution < 1.29 is 4.79 Å². The molecule has 1 atom stereocenters. The highest BCUT2D eigenvalue weighted by Crippen LogP contribution is 2.33. The van der Waals surface area contributed by atoms with E-state index < -0.39 is 0 Å². The summed E-state index contributed by atoms with van der Waals surface area (Å²) >= 11 is 8.24. The number of hydrogen-bond acceptors (Lipinski definition) is 3. The molecule has 0 bridgehead atoms. The number of carbonyl (C=O) groups is 1. The number of amides is 1. The van der Waals surface area contributed by atoms with Crippen molar-refractivity contribution in [3.05, 3.63) is 19.2 Å². The number of nitrogens with zero attached hydrogens (tertiary/aromatic N) is 1. The summed E-state index contributed by atoms with van der Waals surface area (Å²) in [5.41, 5.74) is 5.87. The number of halogens is 2. The van der Waals surface area contributed by atoms with E-state index in [1.807, 2.05) is 11.0 Å². The summed E-state index contributed by atoms with van der Waals surface area (Å²) in [4.78, 5) is 14.8. The molecule has 1 aromatic rings. The fourth-order valence-electron chi connectivity index (χ4n) is 1.80. The highest BCUT2D eigenvalue weighted by Gasteiger charge is 2.23. The molecule has 16 heavy (non-hydrogen) atoms. The zero-order valence-corrected chi connectivity index (χ0v) is 12.6. The van der Waals surface area contributed by atoms with Gasteiger partial charge in [0.1, 0.15) is 0 Å². The SMILES string of the molecule is NC1CCCN(C(=O)c2cc(Br)c(Br)s2)C1. The smallest absolute Gasteiger partial charge is 0.264 e. The normalized spacial score (nSPS) is 21.2. The molecule has 0 saturated carbocycles. The van der Waals surface area contributed by atoms with Crippen LogP contribution in [0.5, 0.6) is 0 Å². The van der Waals surface area contributed by atoms with Crippen LogP contribution in [0.2, 0.25) is 0 Å². The van der Waals surface area contributed by atoms with Crippen LogP contribution in [0.15, 0.2) is 14.3 Å². The van der Waals surface area contributed by atoms with Crippen LogP contribution in [0.1, 0.15) is 22.5 Å². The summed E-state index contributed by atoms with van der Waals surface area (Å²) in [6.45, 7) is 1.49. The highest BCUT2D eigenvalue weighted by atomic mass is 79.9. The van der Waals surface area contributed by atoms with Gasteiger partial charge in [0.25, 0.3) is 5.91 Å². The molecule has 1 amide bonds. The summed E-state index contributed by atoms with van der Waals surface area (Å²) in [5, 5.41) is 0. The van der Waals surface area contributed by atoms with E-state index in [2.05, 4.69) is 31.9 Å². The Morgan fingerprint density at radius 3 is 2.88 bits per heavy atom. The van der Waals surface area contributed by atoms with Gasteiger partial charge in [0.05, 0.1) is 8.66 Å². The maximum absolute atomic E-state index is 12.1. The van der Waals surface area contributed by atoms with Gasteiger partial charge in [0.15, 0.2) is 0 Å². The predicted octanol–water partition coefficient (Wildman–Crippen LogP) is 2.84. The Hall–Kier alpha value is 0.0900. The van der Waals surface area contributed by atoms with E-state index in [-0.39, 0.29) is 11.9 Å². The first-order valence-electron chi connectivity index (χ1n) is 5.07. The first-order chi connectivity index (χ1) is 7.58. The molecule has 1 saturated heterocycles. The largest absolute Gasteiger partial charge is 0.336 e. The molecule has 0 aliphatic carbocycles. The van der Waals surface area contributed by atoms with Crippen molar-refractivity contribution in [2.45, 2.75) is 18.9 Å². The third-order valence-corrected chi connectivity index (χ3v) is 5.85. The van der Waals surface area contributed by atoms with E-state index in [9.17, 15) is 4.79 Å². The van der Waals surface area contributed by atoms with Crippen molar-refractivity contribution in [1.82, 2.24) is 4.90 Å². The lowest BCUT2D eigenvalue weighted by Crippen LogP contribution is -2.45. The standard InChI is InChI=1S/C10H12Br2N2OS/c11-7-4-8(16-9(7)12)10(15)14-3-1-2-6(13)5-14/h4,6H,1-3,5,13H2. The molecule has 2 N–H and O–H groups in total. The molecule has 0 aromatic carbocycles. The van der Waals surface area contributed by atoms with Crippen LogP contribution in [0, 0.1) is 0 Å². The second-order valence-electron chi connectivity index (χ2n) is 3.89. The van der Waals surface area contributed by atoms with Gasteiger partial charge >= 0.3 is 0 Å². The quantitative estimate of drug-likeness (QED) is 0.829. The van der Waals surface area contributed by atoms with Crippen molar-refractivity contribution in [1.29, 1.82) is 0 Å². The number of rotatable bonds is 1. The molecule has 1 aromatic heterocycles. The van der Waals surface area contributed by atoms with Crippen molar-refractivity contribution in [3.8, 4) is 0 Å². The van der Waals surface area contributed by atoms with E-state index in [1.165, 1.54) is 11.3 Å². The second kappa shape index (κ2) is 5.16. The van der Waals surface area contributed by atoms with E-state index in [0.717, 1.165) is 32.5 Å². The van der Waals surface area contributed by atoms with Crippen molar-refractivity contribution in [2.75, 3.05) is 13.1 Å². The van der Waals surface area contributed by atoms with E-state index in [0.29, 0.717) is 6.54 Å². The fraction of sp³-hybridized carbons (Fsp3) is 0.500. The molecule has 3 nitrogen and oxygen atoms in total. The number of hydrogen-bond donors (Lipinski definition) is 1. The molecule has 1 unspecified atom stereocenters. The summed E-state index contributed by atoms with van der Waals surface area (Å²) < 4.78 is 1.89. The molecule has 6 heteroatoms. The summed E-state index contributed by atoms with van der Waals surface area (Å²) in [5.74, 6) is 0.0894. The number of likely N-dealkylation sites (tertiary alicyclic amines) is 1. The van der Waals surface area contributed by atoms with E-state index in [4.69, 9.17) is 5.73 Å². The number of nitrogens with two attached hydrogens (primary N) is 1. The Bertz CT molecular complexity index is 388. The Morgan fingerprint density at radius 1 is 1.56 bits per heavy atom. The van der Waals surface area contributed by atoms with Crippen molar-refractivity contribution in [3.63, 3.8) is 0 Å². The van der Waals surface area contributed by atoms with Gasteiger partial charge in [0.2, 0.25) is 0 Å². The van der Waals surface area contributed by atoms with Gasteiger partial charge in [-0.15, -0.1) is 11.3 Å². The Morgan fingerprint density at radius 2 is 2.31 bits per heavy atom. The zero-order valence-electron chi connectivity index (χ0n) is 8.58. The molecule has 2 rings (SSSR count). The Balaban J connectivity index is 2.12. The predicted molar refractivity (Wildman–Crippen MR) is 72.8 cm³/mol. The third-order valence-electron chi connectivity index (χ3n) is 2.60. The maximum Gasteiger partial charge on any atom is 0.264 e. The van der Waals surface area contributed by atoms with Crippen LogP contribution in [0.25, 0.3) is 0 Å². The first-order valence-corrected chi connectivity index (χ1v) is 7.48. The summed E-state index contributed by atoms with van der Waals surface area (Å²) in [7, 11) is 0. The van der Waals surface area contributed by atoms with Crippen LogP contribution >= 0.6 is 43.2 Å². The minimum atomic E-state index is 0.0894. The van der Waals surface area contributed by atoms with Crippen LogP contribution < -0.4 is 5.73 Å². The van der Waals surface area contributed by atoms with Gasteiger partial charge in [-0.1, -0.05) is 0 Å². The average molecular weight is 368 g/mol. The van der Waals surface area contributed by atoms with Crippen LogP contribution in [-0.4, -0.2) is 29.9 Å². The van der Waals surface area contributed by atoms with Crippen molar-refractivity contribution in [2.24, 2.45) is 5.73 Å². The van der Waals surface area contributed by atoms with Gasteiger partial charge in [-0.2, -0.15) is 0 Å². The second-order valence-corrected chi connectivity index (χ2v) is 7.11. The van der Waals surface area contributed by atoms with Gasteiger partial charge in [-0.05, 0) is 50.8 Å². The van der Waals surface area contributed by atoms with E-state index >= 15 is 0 Å². The summed E-state index contributed by atoms with van der Waals surface area (Å²) in [6.07, 6.45) is 2.02. The molecule has 1 fully saturated rings. The number of piperidine rings is 1. The van der Waals surface area contributed by atoms with Gasteiger partial charge < -0.3 is 10.6 Å². The van der Waals surface area contributed by atoms with Crippen LogP contribution in [-0.2, 0) is 0 Å². The minimum absolute atomic E-state index is 0.0894. The Labute approximate surface area is 115 Å². The molecule has 1 aliphatic rings. The average Bonchev–Trinajstić information content (AvgIpc) is 2.58. The number of carbonyl (C=O) groups excluding carboxylic acids is 1. The first kappa shape index (κ1) is 12.5. The topological polar surface area (TPSA) is 46.3 Å². The van der Waals surface area contributed by atoms with E-state index in [1.54, 1.807) is 0 Å². The highest BCUT2D eigenvalue weighted by molar-refractivity contribution is 9.13. The Kier molecular flexibility index (Phi) is 4.05. The minimum Gasteiger partial charge on any atom is -0.336 e. The molecular weight excluding hydrogens is 356 g/mol. The third kappa shape index (κ3) is 2.67. The lowest BCUT2D eigenvalue weighted by atomic mass is 10.1. The molecule has 2 heterocycles. The molecular formula is C10H12Br2N2OS. The fourth-order valence-corrected chi connectivity index (χ4v) is 3.81. The molecule has 0 radical (unpaired) electrons. The van der Waals surface area contributed by atoms with Crippen molar-refractivity contribution >= 4 is 49.1 Å².